The minimum absolute atomic E-state index is 0.0537. The number of Topliss-reactive ketones (excluding diaryl/α,β-unsaturated/α-hetero) is 1. The summed E-state index contributed by atoms with van der Waals surface area (Å²) in [6.07, 6.45) is 24.3. The molecule has 23 heavy (non-hydrogen) atoms. The van der Waals surface area contributed by atoms with Crippen LogP contribution in [0.1, 0.15) is 77.6 Å². The van der Waals surface area contributed by atoms with Crippen LogP contribution in [0.25, 0.3) is 0 Å². The maximum absolute atomic E-state index is 10.8. The number of hydrogen-bond donors (Lipinski definition) is 1. The van der Waals surface area contributed by atoms with E-state index in [0.717, 1.165) is 6.42 Å². The molecule has 0 aliphatic rings. The lowest BCUT2D eigenvalue weighted by Crippen LogP contribution is -2.10. The zero-order valence-corrected chi connectivity index (χ0v) is 14.5. The number of carboxylic acids is 1. The molecule has 0 heterocycles. The molecular weight excluding hydrogens is 288 g/mol. The molecule has 0 unspecified atom stereocenters. The molecule has 0 amide bonds. The van der Waals surface area contributed by atoms with Crippen LogP contribution in [0.2, 0.25) is 0 Å². The Bertz CT molecular complexity index is 392. The lowest BCUT2D eigenvalue weighted by atomic mass is 10.1. The van der Waals surface area contributed by atoms with Gasteiger partial charge in [0.25, 0.3) is 0 Å². The van der Waals surface area contributed by atoms with Crippen molar-refractivity contribution in [2.75, 3.05) is 0 Å². The van der Waals surface area contributed by atoms with Crippen molar-refractivity contribution < 1.29 is 14.7 Å². The van der Waals surface area contributed by atoms with Gasteiger partial charge in [0.05, 0.1) is 0 Å². The maximum Gasteiger partial charge on any atom is 0.372 e. The van der Waals surface area contributed by atoms with Crippen LogP contribution in [-0.2, 0) is 9.59 Å². The first-order valence-corrected chi connectivity index (χ1v) is 8.93. The summed E-state index contributed by atoms with van der Waals surface area (Å²) in [7, 11) is 0. The van der Waals surface area contributed by atoms with Gasteiger partial charge in [0, 0.05) is 6.42 Å². The monoisotopic (exact) mass is 320 g/mol. The van der Waals surface area contributed by atoms with Gasteiger partial charge in [-0.05, 0) is 12.8 Å². The maximum atomic E-state index is 10.8. The fraction of sp³-hybridized carbons (Fsp3) is 0.600. The van der Waals surface area contributed by atoms with Gasteiger partial charge in [0.15, 0.2) is 0 Å². The fourth-order valence-corrected chi connectivity index (χ4v) is 2.22. The lowest BCUT2D eigenvalue weighted by molar-refractivity contribution is -0.148. The fourth-order valence-electron chi connectivity index (χ4n) is 2.22. The highest BCUT2D eigenvalue weighted by Gasteiger charge is 2.07. The van der Waals surface area contributed by atoms with E-state index in [9.17, 15) is 9.59 Å². The van der Waals surface area contributed by atoms with Crippen molar-refractivity contribution in [3.8, 4) is 0 Å². The number of hydrogen-bond acceptors (Lipinski definition) is 2. The molecule has 0 aliphatic carbocycles. The van der Waals surface area contributed by atoms with Crippen molar-refractivity contribution in [2.24, 2.45) is 0 Å². The Morgan fingerprint density at radius 3 is 1.83 bits per heavy atom. The summed E-state index contributed by atoms with van der Waals surface area (Å²) < 4.78 is 0. The lowest BCUT2D eigenvalue weighted by Gasteiger charge is -2.00. The minimum atomic E-state index is -1.38. The number of aliphatic carboxylic acids is 1. The quantitative estimate of drug-likeness (QED) is 0.242. The van der Waals surface area contributed by atoms with Gasteiger partial charge in [-0.25, -0.2) is 4.79 Å². The standard InChI is InChI=1S/C20H32O3/c1-2-3-4-5-6-7-8-9-10-11-12-13-14-15-16-17-18-19(21)20(22)23/h12-17H,2-11,18H2,1H3,(H,22,23). The molecule has 0 atom stereocenters. The molecule has 130 valence electrons. The van der Waals surface area contributed by atoms with Gasteiger partial charge in [-0.2, -0.15) is 0 Å². The van der Waals surface area contributed by atoms with Gasteiger partial charge in [0.1, 0.15) is 0 Å². The van der Waals surface area contributed by atoms with E-state index in [1.165, 1.54) is 57.8 Å². The third kappa shape index (κ3) is 16.6. The van der Waals surface area contributed by atoms with Crippen molar-refractivity contribution in [2.45, 2.75) is 77.6 Å². The summed E-state index contributed by atoms with van der Waals surface area (Å²) in [4.78, 5) is 21.1. The molecule has 0 aromatic carbocycles. The number of carbonyl (C=O) groups is 2. The van der Waals surface area contributed by atoms with Gasteiger partial charge in [-0.15, -0.1) is 0 Å². The van der Waals surface area contributed by atoms with Crippen molar-refractivity contribution in [3.63, 3.8) is 0 Å². The van der Waals surface area contributed by atoms with Gasteiger partial charge in [0.2, 0.25) is 5.78 Å². The van der Waals surface area contributed by atoms with Crippen molar-refractivity contribution in [1.82, 2.24) is 0 Å². The van der Waals surface area contributed by atoms with Crippen molar-refractivity contribution in [3.05, 3.63) is 36.5 Å². The predicted molar refractivity (Wildman–Crippen MR) is 96.5 cm³/mol. The van der Waals surface area contributed by atoms with Crippen LogP contribution in [0.5, 0.6) is 0 Å². The molecule has 0 radical (unpaired) electrons. The second-order valence-electron chi connectivity index (χ2n) is 5.79. The van der Waals surface area contributed by atoms with Crippen LogP contribution in [0.15, 0.2) is 36.5 Å². The van der Waals surface area contributed by atoms with E-state index in [2.05, 4.69) is 13.0 Å². The van der Waals surface area contributed by atoms with E-state index in [-0.39, 0.29) is 6.42 Å². The second-order valence-corrected chi connectivity index (χ2v) is 5.79. The Kier molecular flexibility index (Phi) is 15.5. The van der Waals surface area contributed by atoms with E-state index in [0.29, 0.717) is 0 Å². The largest absolute Gasteiger partial charge is 0.475 e. The number of ketones is 1. The summed E-state index contributed by atoms with van der Waals surface area (Å²) in [6, 6.07) is 0. The first kappa shape index (κ1) is 21.4. The van der Waals surface area contributed by atoms with Crippen LogP contribution in [0.3, 0.4) is 0 Å². The molecule has 3 nitrogen and oxygen atoms in total. The molecule has 3 heteroatoms. The van der Waals surface area contributed by atoms with Gasteiger partial charge in [-0.3, -0.25) is 4.79 Å². The van der Waals surface area contributed by atoms with E-state index in [1.54, 1.807) is 12.2 Å². The summed E-state index contributed by atoms with van der Waals surface area (Å²) in [6.45, 7) is 2.25. The van der Waals surface area contributed by atoms with Crippen LogP contribution in [0, 0.1) is 0 Å². The van der Waals surface area contributed by atoms with Crippen molar-refractivity contribution in [1.29, 1.82) is 0 Å². The first-order chi connectivity index (χ1) is 11.2. The zero-order valence-electron chi connectivity index (χ0n) is 14.5. The van der Waals surface area contributed by atoms with Gasteiger partial charge in [-0.1, -0.05) is 94.7 Å². The molecule has 0 fully saturated rings. The molecule has 0 aromatic rings. The third-order valence-electron chi connectivity index (χ3n) is 3.62. The number of rotatable bonds is 15. The second kappa shape index (κ2) is 16.7. The van der Waals surface area contributed by atoms with E-state index >= 15 is 0 Å². The molecule has 0 rings (SSSR count). The van der Waals surface area contributed by atoms with E-state index < -0.39 is 11.8 Å². The Hall–Kier alpha value is -1.64. The number of allylic oxidation sites excluding steroid dienone is 6. The number of unbranched alkanes of at least 4 members (excludes halogenated alkanes) is 9. The average molecular weight is 320 g/mol. The molecular formula is C20H32O3. The summed E-state index contributed by atoms with van der Waals surface area (Å²) in [5.74, 6) is -2.16. The Morgan fingerprint density at radius 1 is 0.739 bits per heavy atom. The van der Waals surface area contributed by atoms with Gasteiger partial charge >= 0.3 is 5.97 Å². The Morgan fingerprint density at radius 2 is 1.26 bits per heavy atom. The summed E-state index contributed by atoms with van der Waals surface area (Å²) in [5, 5.41) is 8.39. The van der Waals surface area contributed by atoms with Crippen LogP contribution < -0.4 is 0 Å². The van der Waals surface area contributed by atoms with E-state index in [4.69, 9.17) is 5.11 Å². The van der Waals surface area contributed by atoms with Crippen LogP contribution in [-0.4, -0.2) is 16.9 Å². The molecule has 0 aromatic heterocycles. The predicted octanol–water partition coefficient (Wildman–Crippen LogP) is 5.62. The molecule has 0 bridgehead atoms. The molecule has 1 N–H and O–H groups in total. The topological polar surface area (TPSA) is 54.4 Å². The zero-order chi connectivity index (χ0) is 17.2. The molecule has 0 saturated heterocycles. The molecule has 0 spiro atoms. The average Bonchev–Trinajstić information content (AvgIpc) is 2.54. The summed E-state index contributed by atoms with van der Waals surface area (Å²) in [5.41, 5.74) is 0. The summed E-state index contributed by atoms with van der Waals surface area (Å²) >= 11 is 0. The Labute approximate surface area is 141 Å². The normalized spacial score (nSPS) is 11.9. The van der Waals surface area contributed by atoms with Gasteiger partial charge < -0.3 is 5.11 Å². The Balaban J connectivity index is 3.40. The van der Waals surface area contributed by atoms with Crippen LogP contribution >= 0.6 is 0 Å². The highest BCUT2D eigenvalue weighted by molar-refractivity contribution is 6.33. The third-order valence-corrected chi connectivity index (χ3v) is 3.62. The smallest absolute Gasteiger partial charge is 0.372 e. The number of carbonyl (C=O) groups excluding carboxylic acids is 1. The minimum Gasteiger partial charge on any atom is -0.475 e. The highest BCUT2D eigenvalue weighted by Crippen LogP contribution is 2.10. The van der Waals surface area contributed by atoms with Crippen LogP contribution in [0.4, 0.5) is 0 Å². The van der Waals surface area contributed by atoms with E-state index in [1.807, 2.05) is 18.2 Å². The molecule has 0 aliphatic heterocycles. The molecule has 0 saturated carbocycles. The van der Waals surface area contributed by atoms with Crippen molar-refractivity contribution >= 4 is 11.8 Å². The first-order valence-electron chi connectivity index (χ1n) is 8.93. The SMILES string of the molecule is CCCCCCCCCCCC=CC=CC=CCC(=O)C(=O)O. The number of carboxylic acid groups (broad SMARTS) is 1. The highest BCUT2D eigenvalue weighted by atomic mass is 16.4.